The molecule has 3 aromatic rings. The molecule has 1 N–H and O–H groups in total. The van der Waals surface area contributed by atoms with E-state index in [2.05, 4.69) is 19.6 Å². The molecule has 0 fully saturated rings. The Morgan fingerprint density at radius 2 is 1.52 bits per heavy atom. The van der Waals surface area contributed by atoms with E-state index in [-0.39, 0.29) is 12.4 Å². The van der Waals surface area contributed by atoms with Crippen molar-refractivity contribution in [3.05, 3.63) is 101 Å². The van der Waals surface area contributed by atoms with Gasteiger partial charge in [-0.2, -0.15) is 0 Å². The predicted molar refractivity (Wildman–Crippen MR) is 131 cm³/mol. The number of aliphatic hydroxyl groups excluding tert-OH is 1. The van der Waals surface area contributed by atoms with E-state index in [1.165, 1.54) is 5.56 Å². The van der Waals surface area contributed by atoms with Gasteiger partial charge >= 0.3 is 5.97 Å². The number of ether oxygens (including phenoxy) is 1. The fourth-order valence-electron chi connectivity index (χ4n) is 3.78. The highest BCUT2D eigenvalue weighted by atomic mass is 19.1. The van der Waals surface area contributed by atoms with Crippen LogP contribution in [0, 0.1) is 5.82 Å². The molecule has 4 heteroatoms. The zero-order valence-corrected chi connectivity index (χ0v) is 19.4. The molecule has 0 spiro atoms. The van der Waals surface area contributed by atoms with Gasteiger partial charge in [0, 0.05) is 17.7 Å². The number of aliphatic hydroxyl groups is 1. The van der Waals surface area contributed by atoms with Crippen molar-refractivity contribution in [1.82, 2.24) is 0 Å². The second kappa shape index (κ2) is 11.6. The Hall–Kier alpha value is -3.24. The highest BCUT2D eigenvalue weighted by molar-refractivity contribution is 5.88. The van der Waals surface area contributed by atoms with Gasteiger partial charge < -0.3 is 9.84 Å². The Kier molecular flexibility index (Phi) is 8.56. The second-order valence-corrected chi connectivity index (χ2v) is 8.30. The van der Waals surface area contributed by atoms with Gasteiger partial charge in [0.1, 0.15) is 11.6 Å². The number of hydrogen-bond donors (Lipinski definition) is 1. The first-order valence-corrected chi connectivity index (χ1v) is 11.4. The van der Waals surface area contributed by atoms with Crippen LogP contribution in [0.5, 0.6) is 5.75 Å². The molecule has 3 rings (SSSR count). The van der Waals surface area contributed by atoms with Crippen molar-refractivity contribution < 1.29 is 19.0 Å². The van der Waals surface area contributed by atoms with Gasteiger partial charge in [0.05, 0.1) is 0 Å². The number of halogens is 1. The molecule has 0 aliphatic carbocycles. The Labute approximate surface area is 195 Å². The minimum atomic E-state index is -0.440. The molecule has 0 amide bonds. The quantitative estimate of drug-likeness (QED) is 0.228. The molecular formula is C29H31FO3. The zero-order valence-electron chi connectivity index (χ0n) is 19.4. The third-order valence-electron chi connectivity index (χ3n) is 5.68. The van der Waals surface area contributed by atoms with E-state index in [1.807, 2.05) is 36.4 Å². The van der Waals surface area contributed by atoms with Crippen molar-refractivity contribution in [2.24, 2.45) is 0 Å². The number of carbonyl (C=O) groups excluding carboxylic acids is 1. The van der Waals surface area contributed by atoms with Crippen LogP contribution in [0.4, 0.5) is 4.39 Å². The first-order valence-electron chi connectivity index (χ1n) is 11.4. The summed E-state index contributed by atoms with van der Waals surface area (Å²) in [6.07, 6.45) is 3.84. The summed E-state index contributed by atoms with van der Waals surface area (Å²) >= 11 is 0. The molecule has 0 bridgehead atoms. The summed E-state index contributed by atoms with van der Waals surface area (Å²) in [5, 5.41) is 9.06. The van der Waals surface area contributed by atoms with Gasteiger partial charge in [-0.15, -0.1) is 0 Å². The number of carbonyl (C=O) groups is 1. The lowest BCUT2D eigenvalue weighted by atomic mass is 9.93. The summed E-state index contributed by atoms with van der Waals surface area (Å²) in [6, 6.07) is 19.0. The molecular weight excluding hydrogens is 415 g/mol. The molecule has 0 heterocycles. The minimum absolute atomic E-state index is 0.173. The topological polar surface area (TPSA) is 46.5 Å². The molecule has 0 saturated heterocycles. The molecule has 0 aromatic heterocycles. The summed E-state index contributed by atoms with van der Waals surface area (Å²) in [5.41, 5.74) is 6.20. The minimum Gasteiger partial charge on any atom is -0.423 e. The molecule has 3 aromatic carbocycles. The third-order valence-corrected chi connectivity index (χ3v) is 5.68. The fourth-order valence-corrected chi connectivity index (χ4v) is 3.78. The van der Waals surface area contributed by atoms with Gasteiger partial charge in [0.15, 0.2) is 0 Å². The highest BCUT2D eigenvalue weighted by Gasteiger charge is 2.11. The summed E-state index contributed by atoms with van der Waals surface area (Å²) in [5.74, 6) is -0.173. The summed E-state index contributed by atoms with van der Waals surface area (Å²) in [4.78, 5) is 11.6. The SMILES string of the molecule is C=C(C)C(=O)Oc1ccc(CCc2ccc(-c3ccc(CCCO)cc3CC)c(F)c2)cc1. The molecule has 172 valence electrons. The molecule has 0 aliphatic heterocycles. The van der Waals surface area contributed by atoms with E-state index in [0.29, 0.717) is 23.3 Å². The lowest BCUT2D eigenvalue weighted by Gasteiger charge is -2.13. The molecule has 0 aliphatic rings. The van der Waals surface area contributed by atoms with E-state index in [9.17, 15) is 4.79 Å². The van der Waals surface area contributed by atoms with Gasteiger partial charge in [0.2, 0.25) is 0 Å². The third kappa shape index (κ3) is 6.62. The first kappa shape index (κ1) is 24.4. The smallest absolute Gasteiger partial charge is 0.338 e. The molecule has 33 heavy (non-hydrogen) atoms. The normalized spacial score (nSPS) is 10.8. The van der Waals surface area contributed by atoms with Crippen LogP contribution in [0.3, 0.4) is 0 Å². The van der Waals surface area contributed by atoms with Crippen LogP contribution in [0.15, 0.2) is 72.8 Å². The van der Waals surface area contributed by atoms with Crippen molar-refractivity contribution in [2.75, 3.05) is 6.61 Å². The predicted octanol–water partition coefficient (Wildman–Crippen LogP) is 6.25. The number of aryl methyl sites for hydroxylation is 4. The van der Waals surface area contributed by atoms with Crippen LogP contribution >= 0.6 is 0 Å². The maximum absolute atomic E-state index is 15.0. The van der Waals surface area contributed by atoms with Gasteiger partial charge in [-0.05, 0) is 85.0 Å². The Morgan fingerprint density at radius 1 is 0.909 bits per heavy atom. The van der Waals surface area contributed by atoms with E-state index in [1.54, 1.807) is 25.1 Å². The summed E-state index contributed by atoms with van der Waals surface area (Å²) in [7, 11) is 0. The summed E-state index contributed by atoms with van der Waals surface area (Å²) < 4.78 is 20.2. The van der Waals surface area contributed by atoms with Gasteiger partial charge in [-0.3, -0.25) is 0 Å². The largest absolute Gasteiger partial charge is 0.423 e. The average Bonchev–Trinajstić information content (AvgIpc) is 2.82. The van der Waals surface area contributed by atoms with Crippen LogP contribution in [0.1, 0.15) is 42.5 Å². The van der Waals surface area contributed by atoms with E-state index >= 15 is 4.39 Å². The highest BCUT2D eigenvalue weighted by Crippen LogP contribution is 2.29. The van der Waals surface area contributed by atoms with Crippen molar-refractivity contribution in [1.29, 1.82) is 0 Å². The second-order valence-electron chi connectivity index (χ2n) is 8.30. The Morgan fingerprint density at radius 3 is 2.12 bits per heavy atom. The van der Waals surface area contributed by atoms with Crippen LogP contribution in [-0.4, -0.2) is 17.7 Å². The lowest BCUT2D eigenvalue weighted by Crippen LogP contribution is -2.08. The zero-order chi connectivity index (χ0) is 23.8. The van der Waals surface area contributed by atoms with Crippen molar-refractivity contribution in [3.63, 3.8) is 0 Å². The van der Waals surface area contributed by atoms with Gasteiger partial charge in [-0.25, -0.2) is 9.18 Å². The maximum atomic E-state index is 15.0. The monoisotopic (exact) mass is 446 g/mol. The molecule has 0 unspecified atom stereocenters. The molecule has 0 atom stereocenters. The van der Waals surface area contributed by atoms with E-state index in [0.717, 1.165) is 47.9 Å². The van der Waals surface area contributed by atoms with Crippen LogP contribution in [0.25, 0.3) is 11.1 Å². The molecule has 0 saturated carbocycles. The molecule has 0 radical (unpaired) electrons. The number of hydrogen-bond acceptors (Lipinski definition) is 3. The Balaban J connectivity index is 1.67. The average molecular weight is 447 g/mol. The van der Waals surface area contributed by atoms with Crippen molar-refractivity contribution >= 4 is 5.97 Å². The standard InChI is InChI=1S/C29H31FO3/c1-4-24-18-22(6-5-17-31)11-15-26(24)27-16-12-23(19-28(27)30)8-7-21-9-13-25(14-10-21)33-29(32)20(2)3/h9-16,18-19,31H,2,4-8,17H2,1,3H3. The van der Waals surface area contributed by atoms with Crippen LogP contribution < -0.4 is 4.74 Å². The Bertz CT molecular complexity index is 1120. The number of benzene rings is 3. The summed E-state index contributed by atoms with van der Waals surface area (Å²) in [6.45, 7) is 7.43. The van der Waals surface area contributed by atoms with Crippen molar-refractivity contribution in [2.45, 2.75) is 46.0 Å². The van der Waals surface area contributed by atoms with Gasteiger partial charge in [0.25, 0.3) is 0 Å². The van der Waals surface area contributed by atoms with Crippen LogP contribution in [0.2, 0.25) is 0 Å². The maximum Gasteiger partial charge on any atom is 0.338 e. The van der Waals surface area contributed by atoms with E-state index in [4.69, 9.17) is 9.84 Å². The lowest BCUT2D eigenvalue weighted by molar-refractivity contribution is -0.130. The van der Waals surface area contributed by atoms with Crippen molar-refractivity contribution in [3.8, 4) is 16.9 Å². The first-order chi connectivity index (χ1) is 15.9. The fraction of sp³-hybridized carbons (Fsp3) is 0.276. The van der Waals surface area contributed by atoms with Gasteiger partial charge in [-0.1, -0.05) is 56.0 Å². The van der Waals surface area contributed by atoms with E-state index < -0.39 is 5.97 Å². The van der Waals surface area contributed by atoms with Crippen LogP contribution in [-0.2, 0) is 30.5 Å². The number of rotatable bonds is 10. The molecule has 3 nitrogen and oxygen atoms in total. The number of esters is 1.